The van der Waals surface area contributed by atoms with Crippen molar-refractivity contribution in [2.24, 2.45) is 11.3 Å². The van der Waals surface area contributed by atoms with Crippen LogP contribution in [-0.2, 0) is 4.79 Å². The lowest BCUT2D eigenvalue weighted by atomic mass is 9.57. The molecule has 0 bridgehead atoms. The van der Waals surface area contributed by atoms with Crippen LogP contribution in [-0.4, -0.2) is 48.2 Å². The molecule has 0 unspecified atom stereocenters. The largest absolute Gasteiger partial charge is 0.494 e. The highest BCUT2D eigenvalue weighted by Gasteiger charge is 2.53. The minimum absolute atomic E-state index is 0.118. The van der Waals surface area contributed by atoms with E-state index in [1.807, 2.05) is 18.2 Å². The maximum atomic E-state index is 12.4. The van der Waals surface area contributed by atoms with Crippen LogP contribution < -0.4 is 10.1 Å². The summed E-state index contributed by atoms with van der Waals surface area (Å²) in [5.74, 6) is 1.14. The average Bonchev–Trinajstić information content (AvgIpc) is 2.91. The van der Waals surface area contributed by atoms with Gasteiger partial charge in [0.15, 0.2) is 0 Å². The van der Waals surface area contributed by atoms with Crippen LogP contribution in [0, 0.1) is 11.3 Å². The van der Waals surface area contributed by atoms with Crippen LogP contribution in [0.2, 0.25) is 0 Å². The Labute approximate surface area is 161 Å². The molecule has 5 nitrogen and oxygen atoms in total. The van der Waals surface area contributed by atoms with E-state index >= 15 is 0 Å². The van der Waals surface area contributed by atoms with Crippen molar-refractivity contribution >= 4 is 22.5 Å². The predicted molar refractivity (Wildman–Crippen MR) is 100 cm³/mol. The Kier molecular flexibility index (Phi) is 4.77. The number of fused-ring (bicyclic) bond motifs is 1. The van der Waals surface area contributed by atoms with Crippen molar-refractivity contribution in [3.8, 4) is 5.75 Å². The van der Waals surface area contributed by atoms with E-state index in [0.29, 0.717) is 25.6 Å². The van der Waals surface area contributed by atoms with Crippen molar-refractivity contribution in [1.82, 2.24) is 9.88 Å². The van der Waals surface area contributed by atoms with Gasteiger partial charge in [-0.3, -0.25) is 9.69 Å². The third-order valence-corrected chi connectivity index (χ3v) is 5.72. The Hall–Kier alpha value is -2.22. The lowest BCUT2D eigenvalue weighted by molar-refractivity contribution is -0.186. The van der Waals surface area contributed by atoms with Crippen molar-refractivity contribution in [2.45, 2.75) is 32.4 Å². The highest BCUT2D eigenvalue weighted by Crippen LogP contribution is 2.53. The molecule has 1 saturated carbocycles. The first-order chi connectivity index (χ1) is 13.2. The van der Waals surface area contributed by atoms with Crippen LogP contribution in [0.25, 0.3) is 10.9 Å². The molecule has 8 heteroatoms. The minimum Gasteiger partial charge on any atom is -0.494 e. The molecule has 152 valence electrons. The summed E-state index contributed by atoms with van der Waals surface area (Å²) < 4.78 is 43.0. The zero-order valence-corrected chi connectivity index (χ0v) is 15.7. The topological polar surface area (TPSA) is 57.4 Å². The summed E-state index contributed by atoms with van der Waals surface area (Å²) in [6.45, 7) is 2.40. The first-order valence-electron chi connectivity index (χ1n) is 9.52. The number of carbonyl (C=O) groups is 1. The number of ether oxygens (including phenoxy) is 1. The van der Waals surface area contributed by atoms with Crippen LogP contribution in [0.3, 0.4) is 0 Å². The van der Waals surface area contributed by atoms with Gasteiger partial charge < -0.3 is 15.0 Å². The second-order valence-electron chi connectivity index (χ2n) is 8.26. The molecule has 1 aromatic carbocycles. The number of amides is 1. The van der Waals surface area contributed by atoms with Crippen molar-refractivity contribution < 1.29 is 22.7 Å². The predicted octanol–water partition coefficient (Wildman–Crippen LogP) is 4.17. The molecule has 4 rings (SSSR count). The number of carbonyl (C=O) groups excluding carboxylic acids is 1. The maximum Gasteiger partial charge on any atom is 0.401 e. The summed E-state index contributed by atoms with van der Waals surface area (Å²) in [4.78, 5) is 15.9. The quantitative estimate of drug-likeness (QED) is 0.772. The number of likely N-dealkylation sites (tertiary alicyclic amines) is 1. The van der Waals surface area contributed by atoms with E-state index < -0.39 is 12.7 Å². The van der Waals surface area contributed by atoms with Crippen LogP contribution in [0.15, 0.2) is 24.4 Å². The van der Waals surface area contributed by atoms with Crippen LogP contribution in [0.4, 0.5) is 18.9 Å². The van der Waals surface area contributed by atoms with Crippen molar-refractivity contribution in [3.63, 3.8) is 0 Å². The van der Waals surface area contributed by atoms with E-state index in [4.69, 9.17) is 4.74 Å². The molecule has 1 amide bonds. The number of hydrogen-bond acceptors (Lipinski definition) is 3. The number of nitrogens with one attached hydrogen (secondary N) is 2. The Bertz CT molecular complexity index is 863. The number of rotatable bonds is 6. The first kappa shape index (κ1) is 19.1. The SMILES string of the molecule is CC(=O)Nc1c[nH]c2ccc(OCCC3CC4(C3)CN(CC(F)(F)F)C4)cc12. The van der Waals surface area contributed by atoms with Crippen LogP contribution in [0.5, 0.6) is 5.75 Å². The molecule has 2 aliphatic rings. The third-order valence-electron chi connectivity index (χ3n) is 5.72. The summed E-state index contributed by atoms with van der Waals surface area (Å²) >= 11 is 0. The number of aromatic amines is 1. The van der Waals surface area contributed by atoms with E-state index in [9.17, 15) is 18.0 Å². The Morgan fingerprint density at radius 2 is 2.11 bits per heavy atom. The third kappa shape index (κ3) is 4.11. The van der Waals surface area contributed by atoms with Crippen molar-refractivity contribution in [3.05, 3.63) is 24.4 Å². The summed E-state index contributed by atoms with van der Waals surface area (Å²) in [5.41, 5.74) is 1.76. The fourth-order valence-corrected chi connectivity index (χ4v) is 4.72. The molecule has 1 aliphatic heterocycles. The number of anilines is 1. The van der Waals surface area contributed by atoms with E-state index in [2.05, 4.69) is 10.3 Å². The van der Waals surface area contributed by atoms with E-state index in [1.54, 1.807) is 6.20 Å². The Balaban J connectivity index is 1.22. The molecule has 0 radical (unpaired) electrons. The molecule has 0 atom stereocenters. The van der Waals surface area contributed by atoms with Crippen LogP contribution in [0.1, 0.15) is 26.2 Å². The number of benzene rings is 1. The average molecular weight is 395 g/mol. The molecule has 1 saturated heterocycles. The number of aromatic nitrogens is 1. The van der Waals surface area contributed by atoms with E-state index in [0.717, 1.165) is 41.6 Å². The standard InChI is InChI=1S/C20H24F3N3O2/c1-13(27)25-18-9-24-17-3-2-15(6-16(17)18)28-5-4-14-7-19(8-14)10-26(11-19)12-20(21,22)23/h2-3,6,9,14,24H,4-5,7-8,10-12H2,1H3,(H,25,27). The summed E-state index contributed by atoms with van der Waals surface area (Å²) in [6.07, 6.45) is 0.552. The lowest BCUT2D eigenvalue weighted by Gasteiger charge is -2.59. The lowest BCUT2D eigenvalue weighted by Crippen LogP contribution is -2.63. The van der Waals surface area contributed by atoms with Gasteiger partial charge >= 0.3 is 6.18 Å². The van der Waals surface area contributed by atoms with Gasteiger partial charge in [0, 0.05) is 37.1 Å². The molecular formula is C20H24F3N3O2. The zero-order valence-electron chi connectivity index (χ0n) is 15.7. The molecule has 2 N–H and O–H groups in total. The van der Waals surface area contributed by atoms with Gasteiger partial charge in [-0.05, 0) is 48.8 Å². The minimum atomic E-state index is -4.10. The monoisotopic (exact) mass is 395 g/mol. The number of H-pyrrole nitrogens is 1. The molecule has 2 fully saturated rings. The summed E-state index contributed by atoms with van der Waals surface area (Å²) in [6, 6.07) is 5.71. The highest BCUT2D eigenvalue weighted by molar-refractivity contribution is 6.01. The second kappa shape index (κ2) is 6.99. The molecule has 28 heavy (non-hydrogen) atoms. The fourth-order valence-electron chi connectivity index (χ4n) is 4.72. The maximum absolute atomic E-state index is 12.4. The Morgan fingerprint density at radius 1 is 1.36 bits per heavy atom. The molecule has 1 aromatic heterocycles. The van der Waals surface area contributed by atoms with Crippen molar-refractivity contribution in [1.29, 1.82) is 0 Å². The van der Waals surface area contributed by atoms with Gasteiger partial charge in [-0.1, -0.05) is 0 Å². The van der Waals surface area contributed by atoms with Gasteiger partial charge in [0.2, 0.25) is 5.91 Å². The molecule has 2 heterocycles. The van der Waals surface area contributed by atoms with E-state index in [-0.39, 0.29) is 11.3 Å². The van der Waals surface area contributed by atoms with Gasteiger partial charge in [-0.15, -0.1) is 0 Å². The van der Waals surface area contributed by atoms with Gasteiger partial charge in [-0.25, -0.2) is 0 Å². The highest BCUT2D eigenvalue weighted by atomic mass is 19.4. The Morgan fingerprint density at radius 3 is 2.79 bits per heavy atom. The van der Waals surface area contributed by atoms with Gasteiger partial charge in [-0.2, -0.15) is 13.2 Å². The normalized spacial score (nSPS) is 19.4. The summed E-state index contributed by atoms with van der Waals surface area (Å²) in [7, 11) is 0. The summed E-state index contributed by atoms with van der Waals surface area (Å²) in [5, 5.41) is 3.68. The van der Waals surface area contributed by atoms with Gasteiger partial charge in [0.05, 0.1) is 18.8 Å². The zero-order chi connectivity index (χ0) is 19.9. The molecular weight excluding hydrogens is 371 g/mol. The molecule has 1 spiro atoms. The van der Waals surface area contributed by atoms with Crippen LogP contribution >= 0.6 is 0 Å². The molecule has 1 aliphatic carbocycles. The van der Waals surface area contributed by atoms with Gasteiger partial charge in [0.25, 0.3) is 0 Å². The molecule has 2 aromatic rings. The van der Waals surface area contributed by atoms with Gasteiger partial charge in [0.1, 0.15) is 5.75 Å². The second-order valence-corrected chi connectivity index (χ2v) is 8.26. The number of halogens is 3. The number of alkyl halides is 3. The fraction of sp³-hybridized carbons (Fsp3) is 0.550. The first-order valence-corrected chi connectivity index (χ1v) is 9.52. The number of hydrogen-bond donors (Lipinski definition) is 2. The number of nitrogens with zero attached hydrogens (tertiary/aromatic N) is 1. The van der Waals surface area contributed by atoms with Crippen molar-refractivity contribution in [2.75, 3.05) is 31.6 Å². The smallest absolute Gasteiger partial charge is 0.401 e. The van der Waals surface area contributed by atoms with E-state index in [1.165, 1.54) is 11.8 Å².